The molecule has 0 saturated carbocycles. The molecule has 0 bridgehead atoms. The van der Waals surface area contributed by atoms with Crippen molar-refractivity contribution in [2.75, 3.05) is 13.7 Å². The maximum Gasteiger partial charge on any atom is 0.409 e. The molecular formula is C13H19NO2. The molecule has 1 aromatic carbocycles. The van der Waals surface area contributed by atoms with Gasteiger partial charge in [0, 0.05) is 13.1 Å². The van der Waals surface area contributed by atoms with Crippen molar-refractivity contribution >= 4 is 6.09 Å². The average Bonchev–Trinajstić information content (AvgIpc) is 2.29. The summed E-state index contributed by atoms with van der Waals surface area (Å²) in [4.78, 5) is 13.1. The highest BCUT2D eigenvalue weighted by Gasteiger charge is 2.16. The van der Waals surface area contributed by atoms with Gasteiger partial charge in [0.1, 0.15) is 0 Å². The molecule has 1 amide bonds. The fraction of sp³-hybridized carbons (Fsp3) is 0.462. The van der Waals surface area contributed by atoms with Crippen LogP contribution in [0.2, 0.25) is 0 Å². The summed E-state index contributed by atoms with van der Waals surface area (Å²) in [5, 5.41) is 0. The standard InChI is InChI=1S/C13H19NO2/c1-4-16-13(15)14(3)11(2)10-12-8-6-5-7-9-12/h5-9,11H,4,10H2,1-3H3/t11-/m1/s1. The number of benzene rings is 1. The molecule has 0 heterocycles. The van der Waals surface area contributed by atoms with Crippen LogP contribution in [0, 0.1) is 0 Å². The summed E-state index contributed by atoms with van der Waals surface area (Å²) in [6.07, 6.45) is 0.585. The number of hydrogen-bond acceptors (Lipinski definition) is 2. The summed E-state index contributed by atoms with van der Waals surface area (Å²) in [6.45, 7) is 4.25. The molecule has 88 valence electrons. The van der Waals surface area contributed by atoms with Gasteiger partial charge in [-0.2, -0.15) is 0 Å². The Balaban J connectivity index is 2.52. The van der Waals surface area contributed by atoms with Crippen LogP contribution < -0.4 is 0 Å². The van der Waals surface area contributed by atoms with Gasteiger partial charge in [-0.25, -0.2) is 4.79 Å². The Morgan fingerprint density at radius 3 is 2.56 bits per heavy atom. The van der Waals surface area contributed by atoms with Gasteiger partial charge < -0.3 is 9.64 Å². The molecule has 1 atom stereocenters. The third-order valence-corrected chi connectivity index (χ3v) is 2.59. The smallest absolute Gasteiger partial charge is 0.409 e. The lowest BCUT2D eigenvalue weighted by Gasteiger charge is -2.24. The first-order chi connectivity index (χ1) is 7.65. The fourth-order valence-electron chi connectivity index (χ4n) is 1.50. The molecule has 0 aliphatic rings. The van der Waals surface area contributed by atoms with E-state index in [1.54, 1.807) is 11.9 Å². The minimum absolute atomic E-state index is 0.140. The Morgan fingerprint density at radius 1 is 1.38 bits per heavy atom. The van der Waals surface area contributed by atoms with Crippen molar-refractivity contribution in [3.8, 4) is 0 Å². The third-order valence-electron chi connectivity index (χ3n) is 2.59. The summed E-state index contributed by atoms with van der Waals surface area (Å²) >= 11 is 0. The number of amides is 1. The molecule has 0 spiro atoms. The van der Waals surface area contributed by atoms with Crippen molar-refractivity contribution in [3.05, 3.63) is 35.9 Å². The van der Waals surface area contributed by atoms with E-state index in [0.717, 1.165) is 6.42 Å². The van der Waals surface area contributed by atoms with Crippen LogP contribution in [0.3, 0.4) is 0 Å². The lowest BCUT2D eigenvalue weighted by molar-refractivity contribution is 0.104. The molecule has 0 saturated heterocycles. The normalized spacial score (nSPS) is 11.9. The first-order valence-electron chi connectivity index (χ1n) is 5.58. The van der Waals surface area contributed by atoms with Crippen LogP contribution in [-0.4, -0.2) is 30.7 Å². The van der Waals surface area contributed by atoms with Crippen LogP contribution in [0.25, 0.3) is 0 Å². The Bertz CT molecular complexity index is 324. The second kappa shape index (κ2) is 6.16. The molecule has 16 heavy (non-hydrogen) atoms. The lowest BCUT2D eigenvalue weighted by Crippen LogP contribution is -2.36. The zero-order valence-electron chi connectivity index (χ0n) is 10.1. The van der Waals surface area contributed by atoms with Gasteiger partial charge in [0.2, 0.25) is 0 Å². The van der Waals surface area contributed by atoms with Crippen LogP contribution in [-0.2, 0) is 11.2 Å². The second-order valence-corrected chi connectivity index (χ2v) is 3.85. The van der Waals surface area contributed by atoms with Crippen molar-refractivity contribution in [2.24, 2.45) is 0 Å². The Kier molecular flexibility index (Phi) is 4.83. The van der Waals surface area contributed by atoms with Crippen molar-refractivity contribution in [1.82, 2.24) is 4.90 Å². The predicted octanol–water partition coefficient (Wildman–Crippen LogP) is 2.71. The molecule has 1 aromatic rings. The summed E-state index contributed by atoms with van der Waals surface area (Å²) < 4.78 is 4.95. The number of rotatable bonds is 4. The molecule has 0 aliphatic heterocycles. The minimum Gasteiger partial charge on any atom is -0.450 e. The molecule has 0 N–H and O–H groups in total. The highest BCUT2D eigenvalue weighted by molar-refractivity contribution is 5.67. The van der Waals surface area contributed by atoms with Gasteiger partial charge in [-0.1, -0.05) is 30.3 Å². The number of ether oxygens (including phenoxy) is 1. The number of carbonyl (C=O) groups excluding carboxylic acids is 1. The van der Waals surface area contributed by atoms with E-state index in [-0.39, 0.29) is 12.1 Å². The van der Waals surface area contributed by atoms with E-state index in [9.17, 15) is 4.79 Å². The summed E-state index contributed by atoms with van der Waals surface area (Å²) in [6, 6.07) is 10.3. The van der Waals surface area contributed by atoms with E-state index < -0.39 is 0 Å². The lowest BCUT2D eigenvalue weighted by atomic mass is 10.1. The zero-order chi connectivity index (χ0) is 12.0. The van der Waals surface area contributed by atoms with Gasteiger partial charge in [-0.3, -0.25) is 0 Å². The van der Waals surface area contributed by atoms with E-state index in [1.165, 1.54) is 5.56 Å². The summed E-state index contributed by atoms with van der Waals surface area (Å²) in [5.74, 6) is 0. The average molecular weight is 221 g/mol. The quantitative estimate of drug-likeness (QED) is 0.782. The van der Waals surface area contributed by atoms with Crippen LogP contribution in [0.5, 0.6) is 0 Å². The first-order valence-corrected chi connectivity index (χ1v) is 5.58. The second-order valence-electron chi connectivity index (χ2n) is 3.85. The van der Waals surface area contributed by atoms with Gasteiger partial charge in [-0.15, -0.1) is 0 Å². The number of likely N-dealkylation sites (N-methyl/N-ethyl adjacent to an activating group) is 1. The van der Waals surface area contributed by atoms with E-state index in [1.807, 2.05) is 32.0 Å². The topological polar surface area (TPSA) is 29.5 Å². The van der Waals surface area contributed by atoms with Gasteiger partial charge in [0.05, 0.1) is 6.61 Å². The molecule has 0 radical (unpaired) electrons. The predicted molar refractivity (Wildman–Crippen MR) is 64.4 cm³/mol. The van der Waals surface area contributed by atoms with E-state index in [2.05, 4.69) is 12.1 Å². The minimum atomic E-state index is -0.258. The SMILES string of the molecule is CCOC(=O)N(C)[C@H](C)Cc1ccccc1. The van der Waals surface area contributed by atoms with Crippen molar-refractivity contribution in [1.29, 1.82) is 0 Å². The molecule has 0 aliphatic carbocycles. The van der Waals surface area contributed by atoms with Crippen LogP contribution >= 0.6 is 0 Å². The third kappa shape index (κ3) is 3.57. The molecule has 1 rings (SSSR count). The Labute approximate surface area is 97.0 Å². The molecule has 0 unspecified atom stereocenters. The highest BCUT2D eigenvalue weighted by Crippen LogP contribution is 2.08. The molecule has 0 fully saturated rings. The molecule has 3 heteroatoms. The van der Waals surface area contributed by atoms with Gasteiger partial charge in [0.25, 0.3) is 0 Å². The first kappa shape index (κ1) is 12.6. The van der Waals surface area contributed by atoms with Gasteiger partial charge in [-0.05, 0) is 25.8 Å². The van der Waals surface area contributed by atoms with E-state index >= 15 is 0 Å². The molecular weight excluding hydrogens is 202 g/mol. The van der Waals surface area contributed by atoms with Crippen LogP contribution in [0.15, 0.2) is 30.3 Å². The Morgan fingerprint density at radius 2 is 2.00 bits per heavy atom. The number of nitrogens with zero attached hydrogens (tertiary/aromatic N) is 1. The Hall–Kier alpha value is -1.51. The molecule has 0 aromatic heterocycles. The maximum absolute atomic E-state index is 11.5. The largest absolute Gasteiger partial charge is 0.450 e. The van der Waals surface area contributed by atoms with E-state index in [4.69, 9.17) is 4.74 Å². The van der Waals surface area contributed by atoms with Crippen molar-refractivity contribution in [3.63, 3.8) is 0 Å². The zero-order valence-corrected chi connectivity index (χ0v) is 10.1. The summed E-state index contributed by atoms with van der Waals surface area (Å²) in [5.41, 5.74) is 1.23. The van der Waals surface area contributed by atoms with E-state index in [0.29, 0.717) is 6.61 Å². The number of hydrogen-bond donors (Lipinski definition) is 0. The monoisotopic (exact) mass is 221 g/mol. The van der Waals surface area contributed by atoms with Crippen LogP contribution in [0.1, 0.15) is 19.4 Å². The fourth-order valence-corrected chi connectivity index (χ4v) is 1.50. The van der Waals surface area contributed by atoms with Gasteiger partial charge in [0.15, 0.2) is 0 Å². The highest BCUT2D eigenvalue weighted by atomic mass is 16.6. The molecule has 3 nitrogen and oxygen atoms in total. The van der Waals surface area contributed by atoms with Gasteiger partial charge >= 0.3 is 6.09 Å². The van der Waals surface area contributed by atoms with Crippen LogP contribution in [0.4, 0.5) is 4.79 Å². The summed E-state index contributed by atoms with van der Waals surface area (Å²) in [7, 11) is 1.77. The van der Waals surface area contributed by atoms with Crippen molar-refractivity contribution in [2.45, 2.75) is 26.3 Å². The maximum atomic E-state index is 11.5. The number of carbonyl (C=O) groups is 1. The van der Waals surface area contributed by atoms with Crippen molar-refractivity contribution < 1.29 is 9.53 Å².